The molecule has 2 N–H and O–H groups in total. The second-order valence-corrected chi connectivity index (χ2v) is 7.76. The topological polar surface area (TPSA) is 97.0 Å². The maximum Gasteiger partial charge on any atom is 0.329 e. The molecule has 1 fully saturated rings. The van der Waals surface area contributed by atoms with Crippen molar-refractivity contribution in [3.63, 3.8) is 0 Å². The Bertz CT molecular complexity index is 1080. The second kappa shape index (κ2) is 10.3. The predicted molar refractivity (Wildman–Crippen MR) is 125 cm³/mol. The van der Waals surface area contributed by atoms with Gasteiger partial charge in [-0.3, -0.25) is 9.59 Å². The molecule has 0 aliphatic carbocycles. The van der Waals surface area contributed by atoms with Gasteiger partial charge in [-0.2, -0.15) is 0 Å². The molecule has 1 heterocycles. The van der Waals surface area contributed by atoms with E-state index in [1.165, 1.54) is 13.2 Å². The van der Waals surface area contributed by atoms with Crippen molar-refractivity contribution >= 4 is 45.5 Å². The number of anilines is 1. The molecule has 3 rings (SSSR count). The highest BCUT2D eigenvalue weighted by Crippen LogP contribution is 2.37. The molecule has 0 bridgehead atoms. The first-order valence-corrected chi connectivity index (χ1v) is 10.9. The van der Waals surface area contributed by atoms with E-state index in [1.807, 2.05) is 32.0 Å². The van der Waals surface area contributed by atoms with Gasteiger partial charge in [0.15, 0.2) is 11.5 Å². The van der Waals surface area contributed by atoms with E-state index >= 15 is 0 Å². The normalized spacial score (nSPS) is 14.5. The van der Waals surface area contributed by atoms with Crippen LogP contribution in [0.25, 0.3) is 6.08 Å². The van der Waals surface area contributed by atoms with Crippen molar-refractivity contribution in [1.82, 2.24) is 10.2 Å². The Morgan fingerprint density at radius 3 is 2.66 bits per heavy atom. The summed E-state index contributed by atoms with van der Waals surface area (Å²) in [5.41, 5.74) is 2.31. The number of para-hydroxylation sites is 1. The molecule has 8 nitrogen and oxygen atoms in total. The predicted octanol–water partition coefficient (Wildman–Crippen LogP) is 3.95. The number of hydrogen-bond acceptors (Lipinski definition) is 5. The van der Waals surface area contributed by atoms with Crippen molar-refractivity contribution in [3.8, 4) is 11.5 Å². The molecule has 4 amide bonds. The molecule has 0 saturated carbocycles. The van der Waals surface area contributed by atoms with Gasteiger partial charge in [0.2, 0.25) is 5.91 Å². The summed E-state index contributed by atoms with van der Waals surface area (Å²) in [5, 5.41) is 5.29. The number of nitrogens with one attached hydrogen (secondary N) is 2. The number of rotatable bonds is 8. The van der Waals surface area contributed by atoms with Crippen molar-refractivity contribution in [2.45, 2.75) is 20.3 Å². The zero-order valence-corrected chi connectivity index (χ0v) is 19.6. The number of urea groups is 1. The second-order valence-electron chi connectivity index (χ2n) is 6.91. The molecule has 2 aromatic carbocycles. The molecule has 1 saturated heterocycles. The number of aryl methyl sites for hydroxylation is 1. The lowest BCUT2D eigenvalue weighted by Gasteiger charge is -2.14. The number of carbonyl (C=O) groups is 3. The van der Waals surface area contributed by atoms with Crippen LogP contribution in [0.1, 0.15) is 25.0 Å². The van der Waals surface area contributed by atoms with Crippen LogP contribution in [0.15, 0.2) is 46.6 Å². The summed E-state index contributed by atoms with van der Waals surface area (Å²) >= 11 is 3.42. The van der Waals surface area contributed by atoms with E-state index < -0.39 is 24.4 Å². The van der Waals surface area contributed by atoms with Crippen LogP contribution in [-0.4, -0.2) is 43.0 Å². The highest BCUT2D eigenvalue weighted by Gasteiger charge is 2.35. The van der Waals surface area contributed by atoms with E-state index in [1.54, 1.807) is 18.2 Å². The van der Waals surface area contributed by atoms with Crippen molar-refractivity contribution < 1.29 is 23.9 Å². The van der Waals surface area contributed by atoms with E-state index in [0.29, 0.717) is 33.8 Å². The summed E-state index contributed by atoms with van der Waals surface area (Å²) in [6.07, 6.45) is 2.27. The highest BCUT2D eigenvalue weighted by molar-refractivity contribution is 9.10. The van der Waals surface area contributed by atoms with Crippen molar-refractivity contribution in [2.75, 3.05) is 25.6 Å². The van der Waals surface area contributed by atoms with Gasteiger partial charge in [0, 0.05) is 5.69 Å². The minimum Gasteiger partial charge on any atom is -0.492 e. The monoisotopic (exact) mass is 501 g/mol. The van der Waals surface area contributed by atoms with Gasteiger partial charge in [-0.05, 0) is 64.7 Å². The molecule has 0 atom stereocenters. The number of carbonyl (C=O) groups excluding carboxylic acids is 3. The Morgan fingerprint density at radius 2 is 1.97 bits per heavy atom. The Morgan fingerprint density at radius 1 is 1.22 bits per heavy atom. The van der Waals surface area contributed by atoms with E-state index in [4.69, 9.17) is 9.47 Å². The van der Waals surface area contributed by atoms with Crippen LogP contribution in [0.5, 0.6) is 11.5 Å². The number of ether oxygens (including phenoxy) is 2. The maximum atomic E-state index is 12.8. The van der Waals surface area contributed by atoms with Gasteiger partial charge < -0.3 is 20.1 Å². The number of hydrogen-bond donors (Lipinski definition) is 2. The Balaban J connectivity index is 1.77. The molecule has 0 radical (unpaired) electrons. The molecule has 0 spiro atoms. The third-order valence-corrected chi connectivity index (χ3v) is 5.37. The van der Waals surface area contributed by atoms with Crippen LogP contribution in [0.3, 0.4) is 0 Å². The fourth-order valence-electron chi connectivity index (χ4n) is 3.30. The number of benzene rings is 2. The van der Waals surface area contributed by atoms with E-state index in [2.05, 4.69) is 26.6 Å². The van der Waals surface area contributed by atoms with Crippen LogP contribution >= 0.6 is 15.9 Å². The standard InChI is InChI=1S/C23H24BrN3O5/c1-4-15-8-6-7-9-17(15)25-20(28)13-27-22(29)18(26-23(27)30)11-14-10-16(24)21(31-3)19(12-14)32-5-2/h6-12H,4-5,13H2,1-3H3,(H,25,28)(H,26,30)/b18-11+. The van der Waals surface area contributed by atoms with Crippen LogP contribution in [0.2, 0.25) is 0 Å². The zero-order chi connectivity index (χ0) is 23.3. The zero-order valence-electron chi connectivity index (χ0n) is 18.0. The first kappa shape index (κ1) is 23.3. The molecule has 1 aliphatic rings. The van der Waals surface area contributed by atoms with Gasteiger partial charge in [0.25, 0.3) is 5.91 Å². The average molecular weight is 502 g/mol. The van der Waals surface area contributed by atoms with E-state index in [0.717, 1.165) is 16.9 Å². The molecular weight excluding hydrogens is 478 g/mol. The molecule has 168 valence electrons. The van der Waals surface area contributed by atoms with Gasteiger partial charge >= 0.3 is 6.03 Å². The Kier molecular flexibility index (Phi) is 7.53. The van der Waals surface area contributed by atoms with E-state index in [-0.39, 0.29) is 5.70 Å². The molecule has 9 heteroatoms. The highest BCUT2D eigenvalue weighted by atomic mass is 79.9. The minimum absolute atomic E-state index is 0.0660. The van der Waals surface area contributed by atoms with E-state index in [9.17, 15) is 14.4 Å². The van der Waals surface area contributed by atoms with Gasteiger partial charge in [-0.25, -0.2) is 9.69 Å². The number of amides is 4. The number of imide groups is 1. The minimum atomic E-state index is -0.655. The molecule has 0 aromatic heterocycles. The maximum absolute atomic E-state index is 12.8. The molecule has 0 unspecified atom stereocenters. The van der Waals surface area contributed by atoms with Gasteiger partial charge in [0.1, 0.15) is 12.2 Å². The number of halogens is 1. The Labute approximate surface area is 194 Å². The summed E-state index contributed by atoms with van der Waals surface area (Å²) in [4.78, 5) is 38.5. The third kappa shape index (κ3) is 5.11. The van der Waals surface area contributed by atoms with Crippen LogP contribution in [0, 0.1) is 0 Å². The fourth-order valence-corrected chi connectivity index (χ4v) is 3.92. The summed E-state index contributed by atoms with van der Waals surface area (Å²) < 4.78 is 11.6. The molecular formula is C23H24BrN3O5. The first-order valence-electron chi connectivity index (χ1n) is 10.1. The Hall–Kier alpha value is -3.33. The summed E-state index contributed by atoms with van der Waals surface area (Å²) in [6, 6.07) is 10.2. The van der Waals surface area contributed by atoms with Crippen LogP contribution in [0.4, 0.5) is 10.5 Å². The van der Waals surface area contributed by atoms with Gasteiger partial charge in [-0.15, -0.1) is 0 Å². The average Bonchev–Trinajstić information content (AvgIpc) is 3.01. The largest absolute Gasteiger partial charge is 0.492 e. The molecule has 32 heavy (non-hydrogen) atoms. The van der Waals surface area contributed by atoms with Gasteiger partial charge in [-0.1, -0.05) is 25.1 Å². The smallest absolute Gasteiger partial charge is 0.329 e. The SMILES string of the molecule is CCOc1cc(/C=C2/NC(=O)N(CC(=O)Nc3ccccc3CC)C2=O)cc(Br)c1OC. The van der Waals surface area contributed by atoms with Gasteiger partial charge in [0.05, 0.1) is 18.2 Å². The van der Waals surface area contributed by atoms with Crippen LogP contribution < -0.4 is 20.1 Å². The summed E-state index contributed by atoms with van der Waals surface area (Å²) in [6.45, 7) is 3.87. The summed E-state index contributed by atoms with van der Waals surface area (Å²) in [7, 11) is 1.53. The van der Waals surface area contributed by atoms with Crippen LogP contribution in [-0.2, 0) is 16.0 Å². The van der Waals surface area contributed by atoms with Crippen molar-refractivity contribution in [1.29, 1.82) is 0 Å². The fraction of sp³-hybridized carbons (Fsp3) is 0.261. The first-order chi connectivity index (χ1) is 15.4. The summed E-state index contributed by atoms with van der Waals surface area (Å²) in [5.74, 6) is -0.0134. The van der Waals surface area contributed by atoms with Crippen molar-refractivity contribution in [3.05, 3.63) is 57.7 Å². The number of nitrogens with zero attached hydrogens (tertiary/aromatic N) is 1. The lowest BCUT2D eigenvalue weighted by atomic mass is 10.1. The lowest BCUT2D eigenvalue weighted by molar-refractivity contribution is -0.127. The lowest BCUT2D eigenvalue weighted by Crippen LogP contribution is -2.38. The van der Waals surface area contributed by atoms with Crippen molar-refractivity contribution in [2.24, 2.45) is 0 Å². The molecule has 1 aliphatic heterocycles. The molecule has 2 aromatic rings. The third-order valence-electron chi connectivity index (χ3n) is 4.78. The number of methoxy groups -OCH3 is 1. The quantitative estimate of drug-likeness (QED) is 0.421.